The van der Waals surface area contributed by atoms with Crippen LogP contribution in [0.3, 0.4) is 0 Å². The maximum Gasteiger partial charge on any atom is 0.243 e. The van der Waals surface area contributed by atoms with Crippen LogP contribution in [-0.2, 0) is 11.3 Å². The lowest BCUT2D eigenvalue weighted by Gasteiger charge is -2.36. The monoisotopic (exact) mass is 396 g/mol. The molecule has 5 nitrogen and oxygen atoms in total. The first kappa shape index (κ1) is 18.3. The number of rotatable bonds is 4. The van der Waals surface area contributed by atoms with Gasteiger partial charge < -0.3 is 4.90 Å². The summed E-state index contributed by atoms with van der Waals surface area (Å²) in [7, 11) is 0. The van der Waals surface area contributed by atoms with E-state index in [9.17, 15) is 4.79 Å². The second kappa shape index (κ2) is 7.56. The molecule has 0 radical (unpaired) electrons. The smallest absolute Gasteiger partial charge is 0.243 e. The molecular weight excluding hydrogens is 368 g/mol. The van der Waals surface area contributed by atoms with Gasteiger partial charge in [0.1, 0.15) is 11.2 Å². The van der Waals surface area contributed by atoms with Crippen LogP contribution in [0, 0.1) is 0 Å². The Bertz CT molecular complexity index is 816. The van der Waals surface area contributed by atoms with Crippen molar-refractivity contribution in [2.24, 2.45) is 0 Å². The Labute approximate surface area is 170 Å². The van der Waals surface area contributed by atoms with Crippen LogP contribution in [0.5, 0.6) is 0 Å². The summed E-state index contributed by atoms with van der Waals surface area (Å²) in [4.78, 5) is 18.2. The molecular formula is C22H28N4OS. The molecule has 1 aliphatic carbocycles. The van der Waals surface area contributed by atoms with Crippen molar-refractivity contribution >= 4 is 17.4 Å². The summed E-state index contributed by atoms with van der Waals surface area (Å²) in [6.45, 7) is 2.84. The summed E-state index contributed by atoms with van der Waals surface area (Å²) in [6, 6.07) is 9.10. The third-order valence-electron chi connectivity index (χ3n) is 7.05. The molecule has 1 unspecified atom stereocenters. The Balaban J connectivity index is 1.31. The fourth-order valence-corrected chi connectivity index (χ4v) is 5.97. The standard InChI is InChI=1S/C22H28N4OS/c27-21-22(12-14-26(21)19-5-2-1-3-6-19)11-4-13-25(22)15-17-7-9-18(10-8-17)20-16-28-24-23-20/h7-10,16,19H,1-6,11-15H2. The third kappa shape index (κ3) is 3.16. The fourth-order valence-electron chi connectivity index (χ4n) is 5.50. The van der Waals surface area contributed by atoms with E-state index in [0.717, 1.165) is 50.2 Å². The van der Waals surface area contributed by atoms with Gasteiger partial charge >= 0.3 is 0 Å². The highest BCUT2D eigenvalue weighted by atomic mass is 32.1. The van der Waals surface area contributed by atoms with E-state index in [-0.39, 0.29) is 5.54 Å². The van der Waals surface area contributed by atoms with Gasteiger partial charge in [0.2, 0.25) is 5.91 Å². The number of carbonyl (C=O) groups excluding carboxylic acids is 1. The molecule has 28 heavy (non-hydrogen) atoms. The van der Waals surface area contributed by atoms with E-state index in [2.05, 4.69) is 43.7 Å². The molecule has 0 N–H and O–H groups in total. The Morgan fingerprint density at radius 1 is 1.04 bits per heavy atom. The molecule has 1 spiro atoms. The van der Waals surface area contributed by atoms with Crippen molar-refractivity contribution in [1.82, 2.24) is 19.4 Å². The van der Waals surface area contributed by atoms with Gasteiger partial charge in [-0.3, -0.25) is 9.69 Å². The minimum Gasteiger partial charge on any atom is -0.338 e. The maximum absolute atomic E-state index is 13.5. The quantitative estimate of drug-likeness (QED) is 0.781. The lowest BCUT2D eigenvalue weighted by molar-refractivity contribution is -0.139. The summed E-state index contributed by atoms with van der Waals surface area (Å²) in [5.41, 5.74) is 3.07. The summed E-state index contributed by atoms with van der Waals surface area (Å²) >= 11 is 1.38. The van der Waals surface area contributed by atoms with Crippen molar-refractivity contribution < 1.29 is 4.79 Å². The van der Waals surface area contributed by atoms with Crippen LogP contribution in [-0.4, -0.2) is 50.0 Å². The summed E-state index contributed by atoms with van der Waals surface area (Å²) < 4.78 is 3.95. The van der Waals surface area contributed by atoms with E-state index in [1.807, 2.05) is 5.38 Å². The van der Waals surface area contributed by atoms with Gasteiger partial charge in [0.25, 0.3) is 0 Å². The minimum atomic E-state index is -0.241. The number of hydrogen-bond acceptors (Lipinski definition) is 5. The SMILES string of the molecule is O=C1N(C2CCCCC2)CCC12CCCN2Cc1ccc(-c2csnn2)cc1. The first-order valence-corrected chi connectivity index (χ1v) is 11.5. The topological polar surface area (TPSA) is 49.3 Å². The second-order valence-corrected chi connectivity index (χ2v) is 9.19. The third-order valence-corrected chi connectivity index (χ3v) is 7.55. The average Bonchev–Trinajstić information content (AvgIpc) is 3.47. The highest BCUT2D eigenvalue weighted by Crippen LogP contribution is 2.41. The largest absolute Gasteiger partial charge is 0.338 e. The van der Waals surface area contributed by atoms with E-state index < -0.39 is 0 Å². The first-order valence-electron chi connectivity index (χ1n) is 10.7. The van der Waals surface area contributed by atoms with Gasteiger partial charge in [-0.1, -0.05) is 48.0 Å². The number of amides is 1. The van der Waals surface area contributed by atoms with Crippen LogP contribution in [0.1, 0.15) is 56.9 Å². The normalized spacial score (nSPS) is 26.6. The molecule has 1 aromatic heterocycles. The van der Waals surface area contributed by atoms with Crippen molar-refractivity contribution in [3.05, 3.63) is 35.2 Å². The molecule has 5 rings (SSSR count). The number of likely N-dealkylation sites (tertiary alicyclic amines) is 2. The van der Waals surface area contributed by atoms with Crippen LogP contribution in [0.2, 0.25) is 0 Å². The molecule has 3 fully saturated rings. The second-order valence-electron chi connectivity index (χ2n) is 8.58. The highest BCUT2D eigenvalue weighted by molar-refractivity contribution is 7.03. The van der Waals surface area contributed by atoms with E-state index in [0.29, 0.717) is 11.9 Å². The molecule has 1 atom stereocenters. The zero-order valence-electron chi connectivity index (χ0n) is 16.3. The molecule has 148 valence electrons. The lowest BCUT2D eigenvalue weighted by Crippen LogP contribution is -2.51. The molecule has 1 saturated carbocycles. The zero-order chi connectivity index (χ0) is 19.0. The maximum atomic E-state index is 13.5. The van der Waals surface area contributed by atoms with Gasteiger partial charge in [-0.25, -0.2) is 0 Å². The lowest BCUT2D eigenvalue weighted by atomic mass is 9.92. The highest BCUT2D eigenvalue weighted by Gasteiger charge is 2.54. The number of carbonyl (C=O) groups is 1. The molecule has 1 amide bonds. The summed E-state index contributed by atoms with van der Waals surface area (Å²) in [5, 5.41) is 6.12. The van der Waals surface area contributed by atoms with E-state index >= 15 is 0 Å². The van der Waals surface area contributed by atoms with Gasteiger partial charge in [0.05, 0.1) is 0 Å². The van der Waals surface area contributed by atoms with Gasteiger partial charge in [-0.15, -0.1) is 5.10 Å². The Morgan fingerprint density at radius 3 is 2.61 bits per heavy atom. The Kier molecular flexibility index (Phi) is 4.93. The average molecular weight is 397 g/mol. The van der Waals surface area contributed by atoms with Crippen molar-refractivity contribution in [1.29, 1.82) is 0 Å². The number of aromatic nitrogens is 2. The zero-order valence-corrected chi connectivity index (χ0v) is 17.2. The van der Waals surface area contributed by atoms with Gasteiger partial charge in [-0.2, -0.15) is 0 Å². The predicted octanol–water partition coefficient (Wildman–Crippen LogP) is 4.10. The predicted molar refractivity (Wildman–Crippen MR) is 111 cm³/mol. The molecule has 2 aromatic rings. The molecule has 2 saturated heterocycles. The van der Waals surface area contributed by atoms with E-state index in [1.54, 1.807) is 0 Å². The fraction of sp³-hybridized carbons (Fsp3) is 0.591. The van der Waals surface area contributed by atoms with Crippen molar-refractivity contribution in [3.63, 3.8) is 0 Å². The Morgan fingerprint density at radius 2 is 1.86 bits per heavy atom. The van der Waals surface area contributed by atoms with Crippen molar-refractivity contribution in [3.8, 4) is 11.3 Å². The van der Waals surface area contributed by atoms with Crippen LogP contribution in [0.4, 0.5) is 0 Å². The van der Waals surface area contributed by atoms with Crippen LogP contribution in [0.25, 0.3) is 11.3 Å². The van der Waals surface area contributed by atoms with E-state index in [4.69, 9.17) is 0 Å². The van der Waals surface area contributed by atoms with Crippen LogP contribution in [0.15, 0.2) is 29.6 Å². The molecule has 0 bridgehead atoms. The van der Waals surface area contributed by atoms with Crippen LogP contribution >= 0.6 is 11.5 Å². The van der Waals surface area contributed by atoms with Gasteiger partial charge in [-0.05, 0) is 55.7 Å². The van der Waals surface area contributed by atoms with Crippen LogP contribution < -0.4 is 0 Å². The minimum absolute atomic E-state index is 0.241. The number of nitrogens with zero attached hydrogens (tertiary/aromatic N) is 4. The van der Waals surface area contributed by atoms with E-state index in [1.165, 1.54) is 49.2 Å². The first-order chi connectivity index (χ1) is 13.8. The molecule has 2 aliphatic heterocycles. The summed E-state index contributed by atoms with van der Waals surface area (Å²) in [5.74, 6) is 0.419. The van der Waals surface area contributed by atoms with Gasteiger partial charge in [0.15, 0.2) is 0 Å². The Hall–Kier alpha value is -1.79. The number of benzene rings is 1. The summed E-state index contributed by atoms with van der Waals surface area (Å²) in [6.07, 6.45) is 9.47. The molecule has 1 aromatic carbocycles. The van der Waals surface area contributed by atoms with Gasteiger partial charge in [0, 0.05) is 30.1 Å². The van der Waals surface area contributed by atoms with Crippen molar-refractivity contribution in [2.45, 2.75) is 69.5 Å². The number of hydrogen-bond donors (Lipinski definition) is 0. The molecule has 6 heteroatoms. The molecule has 3 aliphatic rings. The molecule has 3 heterocycles. The van der Waals surface area contributed by atoms with Crippen molar-refractivity contribution in [2.75, 3.05) is 13.1 Å².